The van der Waals surface area contributed by atoms with Crippen LogP contribution in [0.1, 0.15) is 17.5 Å². The van der Waals surface area contributed by atoms with E-state index in [-0.39, 0.29) is 0 Å². The van der Waals surface area contributed by atoms with Gasteiger partial charge in [0.15, 0.2) is 0 Å². The highest BCUT2D eigenvalue weighted by molar-refractivity contribution is 5.56. The van der Waals surface area contributed by atoms with Gasteiger partial charge in [-0.05, 0) is 51.1 Å². The number of piperazine rings is 1. The van der Waals surface area contributed by atoms with E-state index >= 15 is 0 Å². The largest absolute Gasteiger partial charge is 0.369 e. The molecule has 4 nitrogen and oxygen atoms in total. The lowest BCUT2D eigenvalue weighted by Gasteiger charge is -2.46. The molecule has 2 fully saturated rings. The van der Waals surface area contributed by atoms with Gasteiger partial charge in [0.25, 0.3) is 0 Å². The third-order valence-corrected chi connectivity index (χ3v) is 5.54. The zero-order chi connectivity index (χ0) is 15.7. The lowest BCUT2D eigenvalue weighted by molar-refractivity contribution is 0.0901. The van der Waals surface area contributed by atoms with Crippen LogP contribution in [0.15, 0.2) is 18.2 Å². The molecule has 2 N–H and O–H groups in total. The van der Waals surface area contributed by atoms with Gasteiger partial charge in [-0.3, -0.25) is 4.90 Å². The van der Waals surface area contributed by atoms with E-state index in [9.17, 15) is 0 Å². The van der Waals surface area contributed by atoms with E-state index in [0.717, 1.165) is 45.7 Å². The Hall–Kier alpha value is -1.10. The number of hydrogen-bond donors (Lipinski definition) is 1. The minimum atomic E-state index is 0.337. The summed E-state index contributed by atoms with van der Waals surface area (Å²) >= 11 is 0. The van der Waals surface area contributed by atoms with Gasteiger partial charge in [-0.2, -0.15) is 0 Å². The summed E-state index contributed by atoms with van der Waals surface area (Å²) in [6.07, 6.45) is 1.12. The van der Waals surface area contributed by atoms with E-state index in [4.69, 9.17) is 5.73 Å². The van der Waals surface area contributed by atoms with Crippen LogP contribution in [0.4, 0.5) is 5.69 Å². The Kier molecular flexibility index (Phi) is 4.71. The van der Waals surface area contributed by atoms with E-state index < -0.39 is 0 Å². The van der Waals surface area contributed by atoms with Gasteiger partial charge in [0.2, 0.25) is 0 Å². The number of nitrogens with two attached hydrogens (primary N) is 1. The van der Waals surface area contributed by atoms with E-state index in [1.807, 2.05) is 0 Å². The van der Waals surface area contributed by atoms with Crippen molar-refractivity contribution < 1.29 is 0 Å². The van der Waals surface area contributed by atoms with E-state index in [2.05, 4.69) is 53.8 Å². The number of piperidine rings is 1. The number of benzene rings is 1. The van der Waals surface area contributed by atoms with Crippen molar-refractivity contribution in [2.24, 2.45) is 5.73 Å². The Morgan fingerprint density at radius 3 is 2.50 bits per heavy atom. The Morgan fingerprint density at radius 1 is 1.05 bits per heavy atom. The van der Waals surface area contributed by atoms with Crippen LogP contribution < -0.4 is 10.6 Å². The summed E-state index contributed by atoms with van der Waals surface area (Å²) < 4.78 is 0. The van der Waals surface area contributed by atoms with Crippen LogP contribution in [0, 0.1) is 13.8 Å². The molecule has 4 heteroatoms. The van der Waals surface area contributed by atoms with Crippen LogP contribution in [-0.4, -0.2) is 68.2 Å². The maximum atomic E-state index is 6.38. The van der Waals surface area contributed by atoms with Gasteiger partial charge in [0.05, 0.1) is 0 Å². The Morgan fingerprint density at radius 2 is 1.77 bits per heavy atom. The molecule has 0 spiro atoms. The van der Waals surface area contributed by atoms with Gasteiger partial charge in [0, 0.05) is 50.5 Å². The third-order valence-electron chi connectivity index (χ3n) is 5.54. The second kappa shape index (κ2) is 6.57. The molecule has 2 unspecified atom stereocenters. The highest BCUT2D eigenvalue weighted by Crippen LogP contribution is 2.25. The highest BCUT2D eigenvalue weighted by atomic mass is 15.3. The normalized spacial score (nSPS) is 28.1. The molecular weight excluding hydrogens is 272 g/mol. The van der Waals surface area contributed by atoms with Gasteiger partial charge in [-0.15, -0.1) is 0 Å². The predicted molar refractivity (Wildman–Crippen MR) is 93.6 cm³/mol. The number of rotatable bonds is 2. The first-order valence-corrected chi connectivity index (χ1v) is 8.55. The van der Waals surface area contributed by atoms with Gasteiger partial charge in [0.1, 0.15) is 0 Å². The zero-order valence-electron chi connectivity index (χ0n) is 14.3. The fraction of sp³-hybridized carbons (Fsp3) is 0.667. The maximum absolute atomic E-state index is 6.38. The fourth-order valence-electron chi connectivity index (χ4n) is 3.87. The third kappa shape index (κ3) is 3.14. The minimum absolute atomic E-state index is 0.337. The summed E-state index contributed by atoms with van der Waals surface area (Å²) in [5, 5.41) is 0. The molecule has 2 saturated heterocycles. The molecule has 0 amide bonds. The molecule has 1 aromatic carbocycles. The molecule has 0 radical (unpaired) electrons. The lowest BCUT2D eigenvalue weighted by Crippen LogP contribution is -2.61. The van der Waals surface area contributed by atoms with Crippen LogP contribution in [-0.2, 0) is 0 Å². The monoisotopic (exact) mass is 302 g/mol. The van der Waals surface area contributed by atoms with Crippen molar-refractivity contribution in [1.29, 1.82) is 0 Å². The molecule has 0 aromatic heterocycles. The van der Waals surface area contributed by atoms with Crippen LogP contribution in [0.3, 0.4) is 0 Å². The predicted octanol–water partition coefficient (Wildman–Crippen LogP) is 1.46. The second-order valence-corrected chi connectivity index (χ2v) is 7.02. The molecule has 3 rings (SSSR count). The number of aryl methyl sites for hydroxylation is 1. The topological polar surface area (TPSA) is 35.7 Å². The first-order chi connectivity index (χ1) is 10.6. The Bertz CT molecular complexity index is 508. The van der Waals surface area contributed by atoms with E-state index in [1.165, 1.54) is 16.8 Å². The van der Waals surface area contributed by atoms with Crippen LogP contribution in [0.25, 0.3) is 0 Å². The summed E-state index contributed by atoms with van der Waals surface area (Å²) in [5.41, 5.74) is 10.6. The zero-order valence-corrected chi connectivity index (χ0v) is 14.3. The molecule has 2 heterocycles. The van der Waals surface area contributed by atoms with Crippen molar-refractivity contribution in [3.63, 3.8) is 0 Å². The lowest BCUT2D eigenvalue weighted by atomic mass is 9.98. The first-order valence-electron chi connectivity index (χ1n) is 8.55. The number of nitrogens with zero attached hydrogens (tertiary/aromatic N) is 3. The fourth-order valence-corrected chi connectivity index (χ4v) is 3.87. The average Bonchev–Trinajstić information content (AvgIpc) is 2.53. The SMILES string of the molecule is Cc1cccc(N2CCN(C3CN(C)CCC3N)CC2)c1C. The molecule has 22 heavy (non-hydrogen) atoms. The molecule has 0 aliphatic carbocycles. The first kappa shape index (κ1) is 15.8. The number of anilines is 1. The van der Waals surface area contributed by atoms with Crippen molar-refractivity contribution in [3.05, 3.63) is 29.3 Å². The summed E-state index contributed by atoms with van der Waals surface area (Å²) in [7, 11) is 2.21. The summed E-state index contributed by atoms with van der Waals surface area (Å²) in [4.78, 5) is 7.57. The quantitative estimate of drug-likeness (QED) is 0.897. The Balaban J connectivity index is 1.64. The van der Waals surface area contributed by atoms with Crippen LogP contribution in [0.5, 0.6) is 0 Å². The highest BCUT2D eigenvalue weighted by Gasteiger charge is 2.32. The molecule has 2 aliphatic heterocycles. The van der Waals surface area contributed by atoms with Crippen molar-refractivity contribution in [1.82, 2.24) is 9.80 Å². The summed E-state index contributed by atoms with van der Waals surface area (Å²) in [5.74, 6) is 0. The number of likely N-dealkylation sites (tertiary alicyclic amines) is 1. The van der Waals surface area contributed by atoms with Gasteiger partial charge < -0.3 is 15.5 Å². The maximum Gasteiger partial charge on any atom is 0.0399 e. The van der Waals surface area contributed by atoms with Gasteiger partial charge in [-0.25, -0.2) is 0 Å². The number of hydrogen-bond acceptors (Lipinski definition) is 4. The summed E-state index contributed by atoms with van der Waals surface area (Å²) in [6, 6.07) is 7.50. The standard InChI is InChI=1S/C18H30N4/c1-14-5-4-6-17(15(14)2)21-9-11-22(12-10-21)18-13-20(3)8-7-16(18)19/h4-6,16,18H,7-13,19H2,1-3H3. The van der Waals surface area contributed by atoms with Crippen molar-refractivity contribution in [2.75, 3.05) is 51.2 Å². The molecule has 2 aliphatic rings. The van der Waals surface area contributed by atoms with Gasteiger partial charge in [-0.1, -0.05) is 12.1 Å². The Labute approximate surface area is 134 Å². The van der Waals surface area contributed by atoms with Crippen LogP contribution in [0.2, 0.25) is 0 Å². The minimum Gasteiger partial charge on any atom is -0.369 e. The van der Waals surface area contributed by atoms with Crippen molar-refractivity contribution in [3.8, 4) is 0 Å². The number of likely N-dealkylation sites (N-methyl/N-ethyl adjacent to an activating group) is 1. The van der Waals surface area contributed by atoms with Crippen molar-refractivity contribution >= 4 is 5.69 Å². The van der Waals surface area contributed by atoms with Crippen molar-refractivity contribution in [2.45, 2.75) is 32.4 Å². The van der Waals surface area contributed by atoms with E-state index in [1.54, 1.807) is 0 Å². The second-order valence-electron chi connectivity index (χ2n) is 7.02. The molecule has 1 aromatic rings. The van der Waals surface area contributed by atoms with Crippen LogP contribution >= 0.6 is 0 Å². The molecule has 0 saturated carbocycles. The molecular formula is C18H30N4. The van der Waals surface area contributed by atoms with Gasteiger partial charge >= 0.3 is 0 Å². The average molecular weight is 302 g/mol. The molecule has 122 valence electrons. The summed E-state index contributed by atoms with van der Waals surface area (Å²) in [6.45, 7) is 11.2. The van der Waals surface area contributed by atoms with E-state index in [0.29, 0.717) is 12.1 Å². The molecule has 0 bridgehead atoms. The molecule has 2 atom stereocenters. The smallest absolute Gasteiger partial charge is 0.0399 e.